The van der Waals surface area contributed by atoms with Crippen LogP contribution in [0.15, 0.2) is 12.1 Å². The topological polar surface area (TPSA) is 60.2 Å². The first-order valence-corrected chi connectivity index (χ1v) is 9.23. The van der Waals surface area contributed by atoms with E-state index in [0.717, 1.165) is 12.4 Å². The lowest BCUT2D eigenvalue weighted by Gasteiger charge is -2.31. The van der Waals surface area contributed by atoms with Crippen LogP contribution in [0, 0.1) is 5.92 Å². The molecular formula is C16H25N3OS. The number of nitrogens with one attached hydrogen (secondary N) is 1. The van der Waals surface area contributed by atoms with Gasteiger partial charge in [-0.15, -0.1) is 0 Å². The summed E-state index contributed by atoms with van der Waals surface area (Å²) in [6.45, 7) is 0.748. The molecule has 0 saturated heterocycles. The van der Waals surface area contributed by atoms with Crippen molar-refractivity contribution in [2.24, 2.45) is 5.92 Å². The first-order valence-electron chi connectivity index (χ1n) is 7.95. The molecule has 0 spiro atoms. The van der Waals surface area contributed by atoms with Crippen LogP contribution in [0.1, 0.15) is 38.5 Å². The minimum atomic E-state index is 0.501. The second-order valence-corrected chi connectivity index (χ2v) is 7.23. The molecule has 0 radical (unpaired) electrons. The van der Waals surface area contributed by atoms with Crippen LogP contribution < -0.4 is 15.8 Å². The molecule has 2 unspecified atom stereocenters. The van der Waals surface area contributed by atoms with E-state index in [4.69, 9.17) is 10.5 Å². The molecule has 0 aromatic carbocycles. The van der Waals surface area contributed by atoms with Gasteiger partial charge < -0.3 is 15.8 Å². The standard InChI is InChI=1S/C16H25N3OS/c1-21-14-5-3-2-4-13(14)18-15-9-8-12(17)16(19-15)20-10-11-6-7-11/h8-9,11,13-14H,2-7,10,17H2,1H3,(H,18,19). The minimum Gasteiger partial charge on any atom is -0.476 e. The molecular weight excluding hydrogens is 282 g/mol. The predicted molar refractivity (Wildman–Crippen MR) is 90.1 cm³/mol. The van der Waals surface area contributed by atoms with Gasteiger partial charge in [0, 0.05) is 11.3 Å². The van der Waals surface area contributed by atoms with Crippen molar-refractivity contribution in [2.75, 3.05) is 23.9 Å². The van der Waals surface area contributed by atoms with Crippen LogP contribution in [0.25, 0.3) is 0 Å². The lowest BCUT2D eigenvalue weighted by molar-refractivity contribution is 0.290. The van der Waals surface area contributed by atoms with Crippen LogP contribution in [0.5, 0.6) is 5.88 Å². The van der Waals surface area contributed by atoms with E-state index in [2.05, 4.69) is 16.6 Å². The highest BCUT2D eigenvalue weighted by atomic mass is 32.2. The van der Waals surface area contributed by atoms with E-state index in [9.17, 15) is 0 Å². The molecule has 5 heteroatoms. The van der Waals surface area contributed by atoms with E-state index in [1.807, 2.05) is 23.9 Å². The summed E-state index contributed by atoms with van der Waals surface area (Å²) in [4.78, 5) is 4.57. The van der Waals surface area contributed by atoms with Crippen molar-refractivity contribution < 1.29 is 4.74 Å². The second-order valence-electron chi connectivity index (χ2n) is 6.15. The van der Waals surface area contributed by atoms with Crippen LogP contribution in [-0.4, -0.2) is 29.1 Å². The highest BCUT2D eigenvalue weighted by Gasteiger charge is 2.25. The third kappa shape index (κ3) is 3.96. The normalized spacial score (nSPS) is 25.6. The van der Waals surface area contributed by atoms with Gasteiger partial charge in [-0.25, -0.2) is 0 Å². The summed E-state index contributed by atoms with van der Waals surface area (Å²) in [5.74, 6) is 2.19. The Hall–Kier alpha value is -1.10. The van der Waals surface area contributed by atoms with Gasteiger partial charge in [-0.3, -0.25) is 0 Å². The molecule has 2 aliphatic carbocycles. The Morgan fingerprint density at radius 1 is 1.29 bits per heavy atom. The third-order valence-corrected chi connectivity index (χ3v) is 5.55. The molecule has 3 rings (SSSR count). The maximum absolute atomic E-state index is 5.96. The Morgan fingerprint density at radius 3 is 2.86 bits per heavy atom. The van der Waals surface area contributed by atoms with E-state index < -0.39 is 0 Å². The molecule has 0 amide bonds. The number of rotatable bonds is 6. The van der Waals surface area contributed by atoms with Crippen LogP contribution in [0.2, 0.25) is 0 Å². The number of thioether (sulfide) groups is 1. The summed E-state index contributed by atoms with van der Waals surface area (Å²) in [6.07, 6.45) is 9.90. The molecule has 4 nitrogen and oxygen atoms in total. The first kappa shape index (κ1) is 14.8. The fourth-order valence-corrected chi connectivity index (χ4v) is 3.80. The Bertz CT molecular complexity index is 479. The largest absolute Gasteiger partial charge is 0.476 e. The van der Waals surface area contributed by atoms with Gasteiger partial charge in [-0.05, 0) is 50.0 Å². The Kier molecular flexibility index (Phi) is 4.78. The van der Waals surface area contributed by atoms with E-state index in [1.54, 1.807) is 0 Å². The molecule has 1 aromatic rings. The summed E-state index contributed by atoms with van der Waals surface area (Å²) >= 11 is 1.96. The number of pyridine rings is 1. The van der Waals surface area contributed by atoms with E-state index in [0.29, 0.717) is 28.8 Å². The lowest BCUT2D eigenvalue weighted by atomic mass is 9.95. The van der Waals surface area contributed by atoms with Crippen molar-refractivity contribution in [1.82, 2.24) is 4.98 Å². The zero-order chi connectivity index (χ0) is 14.7. The maximum Gasteiger partial charge on any atom is 0.239 e. The number of nitrogens with two attached hydrogens (primary N) is 1. The van der Waals surface area contributed by atoms with Gasteiger partial charge in [0.15, 0.2) is 0 Å². The highest BCUT2D eigenvalue weighted by Crippen LogP contribution is 2.32. The number of anilines is 2. The summed E-state index contributed by atoms with van der Waals surface area (Å²) in [6, 6.07) is 4.36. The molecule has 3 N–H and O–H groups in total. The molecule has 2 aliphatic rings. The monoisotopic (exact) mass is 307 g/mol. The van der Waals surface area contributed by atoms with Crippen LogP contribution in [-0.2, 0) is 0 Å². The number of hydrogen-bond donors (Lipinski definition) is 2. The quantitative estimate of drug-likeness (QED) is 0.842. The Balaban J connectivity index is 1.64. The SMILES string of the molecule is CSC1CCCCC1Nc1ccc(N)c(OCC2CC2)n1. The summed E-state index contributed by atoms with van der Waals surface area (Å²) in [5, 5.41) is 4.26. The molecule has 2 saturated carbocycles. The summed E-state index contributed by atoms with van der Waals surface area (Å²) in [5.41, 5.74) is 6.59. The molecule has 21 heavy (non-hydrogen) atoms. The van der Waals surface area contributed by atoms with Gasteiger partial charge in [0.05, 0.1) is 12.3 Å². The maximum atomic E-state index is 5.96. The minimum absolute atomic E-state index is 0.501. The van der Waals surface area contributed by atoms with Gasteiger partial charge in [0.2, 0.25) is 5.88 Å². The molecule has 0 aliphatic heterocycles. The van der Waals surface area contributed by atoms with Gasteiger partial charge in [-0.1, -0.05) is 12.8 Å². The van der Waals surface area contributed by atoms with Gasteiger partial charge >= 0.3 is 0 Å². The van der Waals surface area contributed by atoms with Gasteiger partial charge in [-0.2, -0.15) is 16.7 Å². The molecule has 1 aromatic heterocycles. The van der Waals surface area contributed by atoms with E-state index >= 15 is 0 Å². The summed E-state index contributed by atoms with van der Waals surface area (Å²) < 4.78 is 5.76. The van der Waals surface area contributed by atoms with Crippen LogP contribution in [0.4, 0.5) is 11.5 Å². The van der Waals surface area contributed by atoms with Crippen LogP contribution in [0.3, 0.4) is 0 Å². The molecule has 1 heterocycles. The zero-order valence-corrected chi connectivity index (χ0v) is 13.5. The number of aromatic nitrogens is 1. The fourth-order valence-electron chi connectivity index (χ4n) is 2.86. The first-order chi connectivity index (χ1) is 10.3. The average molecular weight is 307 g/mol. The van der Waals surface area contributed by atoms with Crippen molar-refractivity contribution in [3.05, 3.63) is 12.1 Å². The molecule has 2 atom stereocenters. The molecule has 116 valence electrons. The lowest BCUT2D eigenvalue weighted by Crippen LogP contribution is -2.34. The van der Waals surface area contributed by atoms with Crippen molar-refractivity contribution in [2.45, 2.75) is 49.8 Å². The fraction of sp³-hybridized carbons (Fsp3) is 0.688. The molecule has 0 bridgehead atoms. The Labute approximate surface area is 131 Å². The average Bonchev–Trinajstić information content (AvgIpc) is 3.32. The number of nitrogens with zero attached hydrogens (tertiary/aromatic N) is 1. The highest BCUT2D eigenvalue weighted by molar-refractivity contribution is 7.99. The van der Waals surface area contributed by atoms with Crippen molar-refractivity contribution in [3.8, 4) is 5.88 Å². The van der Waals surface area contributed by atoms with Gasteiger partial charge in [0.1, 0.15) is 5.82 Å². The summed E-state index contributed by atoms with van der Waals surface area (Å²) in [7, 11) is 0. The third-order valence-electron chi connectivity index (χ3n) is 4.38. The molecule has 2 fully saturated rings. The number of ether oxygens (including phenoxy) is 1. The van der Waals surface area contributed by atoms with Crippen molar-refractivity contribution in [3.63, 3.8) is 0 Å². The van der Waals surface area contributed by atoms with Crippen LogP contribution >= 0.6 is 11.8 Å². The Morgan fingerprint density at radius 2 is 2.10 bits per heavy atom. The van der Waals surface area contributed by atoms with Crippen molar-refractivity contribution >= 4 is 23.3 Å². The predicted octanol–water partition coefficient (Wildman–Crippen LogP) is 3.54. The van der Waals surface area contributed by atoms with E-state index in [-0.39, 0.29) is 0 Å². The number of hydrogen-bond acceptors (Lipinski definition) is 5. The second kappa shape index (κ2) is 6.77. The van der Waals surface area contributed by atoms with Crippen molar-refractivity contribution in [1.29, 1.82) is 0 Å². The van der Waals surface area contributed by atoms with E-state index in [1.165, 1.54) is 38.5 Å². The smallest absolute Gasteiger partial charge is 0.239 e. The number of nitrogen functional groups attached to an aromatic ring is 1. The van der Waals surface area contributed by atoms with Gasteiger partial charge in [0.25, 0.3) is 0 Å². The zero-order valence-electron chi connectivity index (χ0n) is 12.7.